The van der Waals surface area contributed by atoms with Crippen LogP contribution in [0, 0.1) is 0 Å². The first kappa shape index (κ1) is 26.1. The van der Waals surface area contributed by atoms with Gasteiger partial charge in [0.15, 0.2) is 12.6 Å². The molecule has 2 saturated heterocycles. The van der Waals surface area contributed by atoms with Crippen LogP contribution in [0.1, 0.15) is 12.8 Å². The van der Waals surface area contributed by atoms with Crippen LogP contribution in [0.5, 0.6) is 0 Å². The van der Waals surface area contributed by atoms with Crippen molar-refractivity contribution in [3.8, 4) is 0 Å². The molecule has 0 aromatic carbocycles. The zero-order chi connectivity index (χ0) is 23.7. The van der Waals surface area contributed by atoms with Crippen LogP contribution in [0.2, 0.25) is 0 Å². The lowest BCUT2D eigenvalue weighted by Crippen LogP contribution is -2.65. The van der Waals surface area contributed by atoms with Crippen molar-refractivity contribution in [1.29, 1.82) is 0 Å². The standard InChI is InChI=1S/C18H36N4O10/c19-3-9-13(25)15(27)16(28)18(31-9)30-8-2-5(20)7(1-6(8)21)29-17-14(26)11(22)12(24)10(4-23)32-17/h5-18,23-28H,1-4,19-22H2/t5-,6-,7-,8-,9+,10+,11-,12+,13+,14+,15-,16+,17-,18-/m0/s1. The van der Waals surface area contributed by atoms with E-state index in [4.69, 9.17) is 41.9 Å². The van der Waals surface area contributed by atoms with E-state index in [1.807, 2.05) is 0 Å². The molecule has 0 amide bonds. The van der Waals surface area contributed by atoms with E-state index in [0.29, 0.717) is 0 Å². The Bertz CT molecular complexity index is 554. The van der Waals surface area contributed by atoms with Crippen LogP contribution in [0.3, 0.4) is 0 Å². The zero-order valence-corrected chi connectivity index (χ0v) is 17.5. The summed E-state index contributed by atoms with van der Waals surface area (Å²) < 4.78 is 22.5. The number of aliphatic hydroxyl groups excluding tert-OH is 6. The predicted octanol–water partition coefficient (Wildman–Crippen LogP) is -6.26. The van der Waals surface area contributed by atoms with Gasteiger partial charge in [0.2, 0.25) is 0 Å². The molecule has 188 valence electrons. The molecule has 0 bridgehead atoms. The van der Waals surface area contributed by atoms with E-state index in [1.165, 1.54) is 0 Å². The number of nitrogens with two attached hydrogens (primary N) is 4. The van der Waals surface area contributed by atoms with E-state index in [9.17, 15) is 30.6 Å². The molecular formula is C18H36N4O10. The summed E-state index contributed by atoms with van der Waals surface area (Å²) in [5, 5.41) is 59.7. The maximum absolute atomic E-state index is 10.3. The number of rotatable bonds is 6. The summed E-state index contributed by atoms with van der Waals surface area (Å²) in [4.78, 5) is 0. The Kier molecular flexibility index (Phi) is 8.79. The van der Waals surface area contributed by atoms with Crippen LogP contribution in [0.15, 0.2) is 0 Å². The van der Waals surface area contributed by atoms with Crippen LogP contribution in [-0.2, 0) is 18.9 Å². The fourth-order valence-electron chi connectivity index (χ4n) is 4.30. The molecule has 14 N–H and O–H groups in total. The summed E-state index contributed by atoms with van der Waals surface area (Å²) in [6.07, 6.45) is -12.4. The highest BCUT2D eigenvalue weighted by atomic mass is 16.7. The average molecular weight is 469 g/mol. The molecule has 2 aliphatic heterocycles. The fraction of sp³-hybridized carbons (Fsp3) is 1.00. The molecule has 1 saturated carbocycles. The van der Waals surface area contributed by atoms with Crippen LogP contribution in [0.25, 0.3) is 0 Å². The van der Waals surface area contributed by atoms with Crippen molar-refractivity contribution in [2.75, 3.05) is 13.2 Å². The van der Waals surface area contributed by atoms with Crippen molar-refractivity contribution >= 4 is 0 Å². The minimum absolute atomic E-state index is 0.0909. The third-order valence-corrected chi connectivity index (χ3v) is 6.42. The van der Waals surface area contributed by atoms with Crippen LogP contribution in [0.4, 0.5) is 0 Å². The van der Waals surface area contributed by atoms with Crippen molar-refractivity contribution in [1.82, 2.24) is 0 Å². The summed E-state index contributed by atoms with van der Waals surface area (Å²) in [6, 6.07) is -2.32. The SMILES string of the molecule is NC[C@H]1O[C@H](O[C@H]2C[C@H](N)[C@@H](O[C@H]3O[C@H](CO)[C@@H](O)[C@H](N)[C@H]3O)C[C@@H]2N)[C@H](O)[C@@H](O)[C@@H]1O. The van der Waals surface area contributed by atoms with Gasteiger partial charge in [-0.15, -0.1) is 0 Å². The topological polar surface area (TPSA) is 262 Å². The van der Waals surface area contributed by atoms with Gasteiger partial charge in [-0.25, -0.2) is 0 Å². The van der Waals surface area contributed by atoms with Crippen molar-refractivity contribution in [3.63, 3.8) is 0 Å². The van der Waals surface area contributed by atoms with Crippen LogP contribution >= 0.6 is 0 Å². The Morgan fingerprint density at radius 2 is 1.19 bits per heavy atom. The maximum atomic E-state index is 10.3. The molecule has 14 heteroatoms. The van der Waals surface area contributed by atoms with Gasteiger partial charge in [-0.2, -0.15) is 0 Å². The molecule has 2 heterocycles. The summed E-state index contributed by atoms with van der Waals surface area (Å²) in [5.41, 5.74) is 23.8. The molecule has 3 aliphatic rings. The summed E-state index contributed by atoms with van der Waals surface area (Å²) in [7, 11) is 0. The first-order chi connectivity index (χ1) is 15.1. The lowest BCUT2D eigenvalue weighted by Gasteiger charge is -2.46. The van der Waals surface area contributed by atoms with Gasteiger partial charge < -0.3 is 72.5 Å². The number of ether oxygens (including phenoxy) is 4. The van der Waals surface area contributed by atoms with Gasteiger partial charge in [-0.05, 0) is 12.8 Å². The quantitative estimate of drug-likeness (QED) is 0.174. The number of hydrogen-bond donors (Lipinski definition) is 10. The average Bonchev–Trinajstić information content (AvgIpc) is 2.77. The summed E-state index contributed by atoms with van der Waals surface area (Å²) >= 11 is 0. The minimum Gasteiger partial charge on any atom is -0.394 e. The molecule has 14 nitrogen and oxygen atoms in total. The van der Waals surface area contributed by atoms with Gasteiger partial charge in [-0.3, -0.25) is 0 Å². The molecule has 1 aliphatic carbocycles. The van der Waals surface area contributed by atoms with Crippen molar-refractivity contribution in [3.05, 3.63) is 0 Å². The van der Waals surface area contributed by atoms with E-state index < -0.39 is 92.2 Å². The Hall–Kier alpha value is -0.560. The fourth-order valence-corrected chi connectivity index (χ4v) is 4.30. The molecule has 0 spiro atoms. The molecule has 32 heavy (non-hydrogen) atoms. The minimum atomic E-state index is -1.51. The third-order valence-electron chi connectivity index (χ3n) is 6.42. The first-order valence-corrected chi connectivity index (χ1v) is 10.7. The predicted molar refractivity (Wildman–Crippen MR) is 106 cm³/mol. The van der Waals surface area contributed by atoms with E-state index in [-0.39, 0.29) is 19.4 Å². The Morgan fingerprint density at radius 1 is 0.688 bits per heavy atom. The molecule has 0 aromatic rings. The lowest BCUT2D eigenvalue weighted by atomic mass is 9.86. The second kappa shape index (κ2) is 10.8. The number of aliphatic hydroxyl groups is 6. The van der Waals surface area contributed by atoms with E-state index in [2.05, 4.69) is 0 Å². The highest BCUT2D eigenvalue weighted by Crippen LogP contribution is 2.30. The Labute approximate surface area is 185 Å². The van der Waals surface area contributed by atoms with Gasteiger partial charge >= 0.3 is 0 Å². The Morgan fingerprint density at radius 3 is 1.69 bits per heavy atom. The van der Waals surface area contributed by atoms with Crippen molar-refractivity contribution < 1.29 is 49.6 Å². The van der Waals surface area contributed by atoms with E-state index >= 15 is 0 Å². The maximum Gasteiger partial charge on any atom is 0.186 e. The van der Waals surface area contributed by atoms with Gasteiger partial charge in [0, 0.05) is 18.6 Å². The Balaban J connectivity index is 1.59. The monoisotopic (exact) mass is 468 g/mol. The largest absolute Gasteiger partial charge is 0.394 e. The summed E-state index contributed by atoms with van der Waals surface area (Å²) in [6.45, 7) is -0.603. The van der Waals surface area contributed by atoms with Gasteiger partial charge in [0.1, 0.15) is 42.7 Å². The molecular weight excluding hydrogens is 432 g/mol. The highest BCUT2D eigenvalue weighted by Gasteiger charge is 2.48. The van der Waals surface area contributed by atoms with Crippen molar-refractivity contribution in [2.45, 2.75) is 98.5 Å². The first-order valence-electron chi connectivity index (χ1n) is 10.7. The normalized spacial score (nSPS) is 52.7. The third kappa shape index (κ3) is 5.24. The van der Waals surface area contributed by atoms with Gasteiger partial charge in [0.05, 0.1) is 24.9 Å². The second-order valence-corrected chi connectivity index (χ2v) is 8.68. The van der Waals surface area contributed by atoms with Gasteiger partial charge in [0.25, 0.3) is 0 Å². The summed E-state index contributed by atoms with van der Waals surface area (Å²) in [5.74, 6) is 0. The smallest absolute Gasteiger partial charge is 0.186 e. The number of hydrogen-bond acceptors (Lipinski definition) is 14. The molecule has 0 radical (unpaired) electrons. The van der Waals surface area contributed by atoms with Crippen LogP contribution < -0.4 is 22.9 Å². The molecule has 3 rings (SSSR count). The molecule has 0 unspecified atom stereocenters. The molecule has 14 atom stereocenters. The lowest BCUT2D eigenvalue weighted by molar-refractivity contribution is -0.314. The second-order valence-electron chi connectivity index (χ2n) is 8.68. The van der Waals surface area contributed by atoms with Gasteiger partial charge in [-0.1, -0.05) is 0 Å². The van der Waals surface area contributed by atoms with E-state index in [0.717, 1.165) is 0 Å². The molecule has 0 aromatic heterocycles. The molecule has 3 fully saturated rings. The highest BCUT2D eigenvalue weighted by molar-refractivity contribution is 4.97. The zero-order valence-electron chi connectivity index (χ0n) is 17.5. The van der Waals surface area contributed by atoms with Crippen LogP contribution in [-0.4, -0.2) is 129 Å². The van der Waals surface area contributed by atoms with E-state index in [1.54, 1.807) is 0 Å². The van der Waals surface area contributed by atoms with Crippen molar-refractivity contribution in [2.24, 2.45) is 22.9 Å².